The van der Waals surface area contributed by atoms with E-state index in [4.69, 9.17) is 4.74 Å². The molecule has 1 aromatic heterocycles. The number of morpholine rings is 1. The Labute approximate surface area is 160 Å². The Hall–Kier alpha value is -2.18. The fraction of sp³-hybridized carbons (Fsp3) is 0.524. The fourth-order valence-electron chi connectivity index (χ4n) is 4.40. The lowest BCUT2D eigenvalue weighted by atomic mass is 9.95. The molecule has 2 atom stereocenters. The van der Waals surface area contributed by atoms with Crippen molar-refractivity contribution in [2.24, 2.45) is 0 Å². The molecule has 1 aliphatic heterocycles. The summed E-state index contributed by atoms with van der Waals surface area (Å²) in [5, 5.41) is 3.06. The zero-order chi connectivity index (χ0) is 18.5. The molecule has 2 heterocycles. The monoisotopic (exact) mass is 368 g/mol. The summed E-state index contributed by atoms with van der Waals surface area (Å²) < 4.78 is 7.97. The summed E-state index contributed by atoms with van der Waals surface area (Å²) in [7, 11) is 0. The number of carbonyl (C=O) groups is 1. The lowest BCUT2D eigenvalue weighted by Gasteiger charge is -2.44. The highest BCUT2D eigenvalue weighted by atomic mass is 16.5. The molecule has 6 nitrogen and oxygen atoms in total. The van der Waals surface area contributed by atoms with Crippen LogP contribution in [0.4, 0.5) is 0 Å². The highest BCUT2D eigenvalue weighted by molar-refractivity contribution is 5.82. The predicted octanol–water partition coefficient (Wildman–Crippen LogP) is 2.38. The molecule has 1 aromatic carbocycles. The van der Waals surface area contributed by atoms with Gasteiger partial charge in [0.05, 0.1) is 19.0 Å². The van der Waals surface area contributed by atoms with Gasteiger partial charge >= 0.3 is 0 Å². The third-order valence-corrected chi connectivity index (χ3v) is 5.71. The Morgan fingerprint density at radius 1 is 1.22 bits per heavy atom. The first kappa shape index (κ1) is 18.2. The molecule has 1 amide bonds. The van der Waals surface area contributed by atoms with Crippen LogP contribution in [-0.4, -0.2) is 52.2 Å². The summed E-state index contributed by atoms with van der Waals surface area (Å²) >= 11 is 0. The average Bonchev–Trinajstić information content (AvgIpc) is 3.42. The topological polar surface area (TPSA) is 59.4 Å². The summed E-state index contributed by atoms with van der Waals surface area (Å²) in [5.74, 6) is -0.0216. The van der Waals surface area contributed by atoms with E-state index in [0.717, 1.165) is 6.54 Å². The smallest absolute Gasteiger partial charge is 0.251 e. The second kappa shape index (κ2) is 8.67. The van der Waals surface area contributed by atoms with Crippen molar-refractivity contribution >= 4 is 5.91 Å². The van der Waals surface area contributed by atoms with Crippen molar-refractivity contribution in [3.63, 3.8) is 0 Å². The Bertz CT molecular complexity index is 713. The van der Waals surface area contributed by atoms with Crippen LogP contribution in [0.15, 0.2) is 49.1 Å². The summed E-state index contributed by atoms with van der Waals surface area (Å²) in [6.45, 7) is 2.78. The number of amides is 1. The second-order valence-corrected chi connectivity index (χ2v) is 7.41. The minimum absolute atomic E-state index is 0.0173. The molecule has 0 radical (unpaired) electrons. The van der Waals surface area contributed by atoms with Gasteiger partial charge in [-0.3, -0.25) is 9.69 Å². The van der Waals surface area contributed by atoms with Gasteiger partial charge in [0, 0.05) is 38.1 Å². The molecular formula is C21H28N4O2. The van der Waals surface area contributed by atoms with Crippen LogP contribution in [0.1, 0.15) is 37.3 Å². The van der Waals surface area contributed by atoms with E-state index in [1.165, 1.54) is 31.2 Å². The molecular weight excluding hydrogens is 340 g/mol. The van der Waals surface area contributed by atoms with E-state index in [-0.39, 0.29) is 11.9 Å². The Morgan fingerprint density at radius 3 is 2.78 bits per heavy atom. The Morgan fingerprint density at radius 2 is 2.04 bits per heavy atom. The summed E-state index contributed by atoms with van der Waals surface area (Å²) in [6.07, 6.45) is 9.95. The van der Waals surface area contributed by atoms with Crippen molar-refractivity contribution in [2.75, 3.05) is 19.7 Å². The van der Waals surface area contributed by atoms with Gasteiger partial charge in [0.25, 0.3) is 5.91 Å². The van der Waals surface area contributed by atoms with Gasteiger partial charge in [0.1, 0.15) is 0 Å². The molecule has 6 heteroatoms. The number of carbonyl (C=O) groups excluding carboxylic acids is 1. The van der Waals surface area contributed by atoms with Gasteiger partial charge in [-0.25, -0.2) is 4.98 Å². The molecule has 2 fully saturated rings. The van der Waals surface area contributed by atoms with Gasteiger partial charge in [-0.2, -0.15) is 0 Å². The molecule has 0 bridgehead atoms. The van der Waals surface area contributed by atoms with Gasteiger partial charge < -0.3 is 14.6 Å². The maximum Gasteiger partial charge on any atom is 0.251 e. The van der Waals surface area contributed by atoms with Crippen molar-refractivity contribution in [1.82, 2.24) is 19.8 Å². The summed E-state index contributed by atoms with van der Waals surface area (Å²) in [4.78, 5) is 19.5. The van der Waals surface area contributed by atoms with E-state index in [1.54, 1.807) is 12.5 Å². The number of hydrogen-bond donors (Lipinski definition) is 1. The minimum atomic E-state index is -0.468. The van der Waals surface area contributed by atoms with Crippen LogP contribution in [-0.2, 0) is 16.1 Å². The summed E-state index contributed by atoms with van der Waals surface area (Å²) in [5.41, 5.74) is 1.17. The Balaban J connectivity index is 1.48. The number of imidazole rings is 1. The number of aromatic nitrogens is 2. The number of hydrogen-bond acceptors (Lipinski definition) is 4. The van der Waals surface area contributed by atoms with Gasteiger partial charge in [0.15, 0.2) is 6.10 Å². The van der Waals surface area contributed by atoms with Crippen LogP contribution in [0.5, 0.6) is 0 Å². The van der Waals surface area contributed by atoms with Gasteiger partial charge in [-0.1, -0.05) is 43.2 Å². The highest BCUT2D eigenvalue weighted by Crippen LogP contribution is 2.36. The highest BCUT2D eigenvalue weighted by Gasteiger charge is 2.41. The van der Waals surface area contributed by atoms with Gasteiger partial charge in [-0.15, -0.1) is 0 Å². The first-order valence-electron chi connectivity index (χ1n) is 9.98. The zero-order valence-electron chi connectivity index (χ0n) is 15.7. The third-order valence-electron chi connectivity index (χ3n) is 5.71. The number of nitrogens with zero attached hydrogens (tertiary/aromatic N) is 3. The lowest BCUT2D eigenvalue weighted by Crippen LogP contribution is -2.54. The number of nitrogens with one attached hydrogen (secondary N) is 1. The van der Waals surface area contributed by atoms with Crippen LogP contribution in [0.3, 0.4) is 0 Å². The van der Waals surface area contributed by atoms with Crippen molar-refractivity contribution in [3.05, 3.63) is 54.6 Å². The Kier molecular flexibility index (Phi) is 5.84. The van der Waals surface area contributed by atoms with Gasteiger partial charge in [0.2, 0.25) is 0 Å². The van der Waals surface area contributed by atoms with E-state index in [2.05, 4.69) is 27.3 Å². The van der Waals surface area contributed by atoms with Crippen LogP contribution < -0.4 is 5.32 Å². The maximum absolute atomic E-state index is 13.0. The molecule has 0 unspecified atom stereocenters. The van der Waals surface area contributed by atoms with Crippen LogP contribution in [0, 0.1) is 0 Å². The first-order chi connectivity index (χ1) is 13.3. The van der Waals surface area contributed by atoms with E-state index in [0.29, 0.717) is 25.7 Å². The van der Waals surface area contributed by atoms with Crippen molar-refractivity contribution in [2.45, 2.75) is 50.4 Å². The van der Waals surface area contributed by atoms with Gasteiger partial charge in [-0.05, 0) is 18.4 Å². The molecule has 2 aromatic rings. The molecule has 1 saturated carbocycles. The normalized spacial score (nSPS) is 24.1. The average molecular weight is 368 g/mol. The molecule has 2 aliphatic rings. The number of rotatable bonds is 6. The summed E-state index contributed by atoms with van der Waals surface area (Å²) in [6, 6.07) is 10.9. The SMILES string of the molecule is O=C(NCCn1ccnc1)[C@@H]1OCCN(C2CCCC2)[C@H]1c1ccccc1. The molecule has 27 heavy (non-hydrogen) atoms. The first-order valence-corrected chi connectivity index (χ1v) is 9.98. The third kappa shape index (κ3) is 4.22. The standard InChI is InChI=1S/C21H28N4O2/c26-21(23-11-13-24-12-10-22-16-24)20-19(17-6-2-1-3-7-17)25(14-15-27-20)18-8-4-5-9-18/h1-3,6-7,10,12,16,18-20H,4-5,8-9,11,13-15H2,(H,23,26)/t19-,20+/m0/s1. The molecule has 1 aliphatic carbocycles. The molecule has 144 valence electrons. The maximum atomic E-state index is 13.0. The molecule has 1 saturated heterocycles. The largest absolute Gasteiger partial charge is 0.365 e. The molecule has 4 rings (SSSR count). The van der Waals surface area contributed by atoms with Crippen molar-refractivity contribution < 1.29 is 9.53 Å². The fourth-order valence-corrected chi connectivity index (χ4v) is 4.40. The van der Waals surface area contributed by atoms with E-state index >= 15 is 0 Å². The van der Waals surface area contributed by atoms with E-state index in [1.807, 2.05) is 29.0 Å². The van der Waals surface area contributed by atoms with E-state index < -0.39 is 6.10 Å². The zero-order valence-corrected chi connectivity index (χ0v) is 15.7. The molecule has 1 N–H and O–H groups in total. The lowest BCUT2D eigenvalue weighted by molar-refractivity contribution is -0.148. The number of ether oxygens (including phenoxy) is 1. The minimum Gasteiger partial charge on any atom is -0.365 e. The van der Waals surface area contributed by atoms with Crippen LogP contribution >= 0.6 is 0 Å². The second-order valence-electron chi connectivity index (χ2n) is 7.41. The van der Waals surface area contributed by atoms with Crippen LogP contribution in [0.25, 0.3) is 0 Å². The quantitative estimate of drug-likeness (QED) is 0.851. The number of benzene rings is 1. The van der Waals surface area contributed by atoms with Crippen molar-refractivity contribution in [3.8, 4) is 0 Å². The van der Waals surface area contributed by atoms with E-state index in [9.17, 15) is 4.79 Å². The van der Waals surface area contributed by atoms with Crippen LogP contribution in [0.2, 0.25) is 0 Å². The van der Waals surface area contributed by atoms with Crippen molar-refractivity contribution in [1.29, 1.82) is 0 Å². The predicted molar refractivity (Wildman–Crippen MR) is 103 cm³/mol. The molecule has 0 spiro atoms.